The minimum absolute atomic E-state index is 0.181. The Kier molecular flexibility index (Phi) is 2.92. The molecule has 0 aliphatic heterocycles. The third-order valence-electron chi connectivity index (χ3n) is 2.27. The summed E-state index contributed by atoms with van der Waals surface area (Å²) in [5, 5.41) is 1.95. The van der Waals surface area contributed by atoms with Crippen molar-refractivity contribution < 1.29 is 4.79 Å². The van der Waals surface area contributed by atoms with Crippen molar-refractivity contribution >= 4 is 17.1 Å². The van der Waals surface area contributed by atoms with Crippen molar-refractivity contribution in [3.05, 3.63) is 52.0 Å². The number of nitrogens with zero attached hydrogens (tertiary/aromatic N) is 1. The summed E-state index contributed by atoms with van der Waals surface area (Å²) in [6.45, 7) is 1.98. The van der Waals surface area contributed by atoms with Crippen LogP contribution in [0.2, 0.25) is 0 Å². The minimum Gasteiger partial charge on any atom is -0.294 e. The molecule has 76 valence electrons. The van der Waals surface area contributed by atoms with Gasteiger partial charge < -0.3 is 0 Å². The number of ketones is 1. The highest BCUT2D eigenvalue weighted by Crippen LogP contribution is 2.17. The van der Waals surface area contributed by atoms with Gasteiger partial charge in [0, 0.05) is 29.3 Å². The topological polar surface area (TPSA) is 30.0 Å². The summed E-state index contributed by atoms with van der Waals surface area (Å²) in [6, 6.07) is 5.64. The van der Waals surface area contributed by atoms with Crippen molar-refractivity contribution in [3.8, 4) is 0 Å². The summed E-state index contributed by atoms with van der Waals surface area (Å²) >= 11 is 1.61. The second-order valence-corrected chi connectivity index (χ2v) is 4.47. The van der Waals surface area contributed by atoms with E-state index in [1.54, 1.807) is 23.7 Å². The molecule has 0 saturated heterocycles. The molecule has 0 spiro atoms. The number of pyridine rings is 1. The average molecular weight is 217 g/mol. The Balaban J connectivity index is 2.15. The molecule has 0 atom stereocenters. The lowest BCUT2D eigenvalue weighted by Crippen LogP contribution is -2.03. The first-order valence-corrected chi connectivity index (χ1v) is 5.61. The maximum atomic E-state index is 11.9. The molecular formula is C12H11NOS. The molecule has 0 amide bonds. The Hall–Kier alpha value is -1.48. The van der Waals surface area contributed by atoms with Gasteiger partial charge in [-0.15, -0.1) is 11.3 Å². The molecular weight excluding hydrogens is 206 g/mol. The number of rotatable bonds is 3. The molecule has 0 aromatic carbocycles. The third kappa shape index (κ3) is 2.30. The van der Waals surface area contributed by atoms with Crippen molar-refractivity contribution in [1.82, 2.24) is 4.98 Å². The zero-order valence-electron chi connectivity index (χ0n) is 8.43. The molecule has 0 aliphatic rings. The summed E-state index contributed by atoms with van der Waals surface area (Å²) in [4.78, 5) is 16.9. The van der Waals surface area contributed by atoms with Gasteiger partial charge in [0.2, 0.25) is 0 Å². The number of carbonyl (C=O) groups is 1. The highest BCUT2D eigenvalue weighted by Gasteiger charge is 2.10. The lowest BCUT2D eigenvalue weighted by atomic mass is 10.1. The largest absolute Gasteiger partial charge is 0.294 e. The summed E-state index contributed by atoms with van der Waals surface area (Å²) in [6.07, 6.45) is 3.88. The van der Waals surface area contributed by atoms with Crippen LogP contribution in [0.3, 0.4) is 0 Å². The van der Waals surface area contributed by atoms with E-state index < -0.39 is 0 Å². The van der Waals surface area contributed by atoms with Crippen molar-refractivity contribution in [1.29, 1.82) is 0 Å². The average Bonchev–Trinajstić information content (AvgIpc) is 2.66. The molecule has 0 aliphatic carbocycles. The molecule has 2 rings (SSSR count). The van der Waals surface area contributed by atoms with Gasteiger partial charge in [-0.25, -0.2) is 0 Å². The highest BCUT2D eigenvalue weighted by atomic mass is 32.1. The standard InChI is InChI=1S/C12H11NOS/c1-9-11(4-7-15-9)12(14)8-10-2-5-13-6-3-10/h2-7H,8H2,1H3. The molecule has 0 bridgehead atoms. The van der Waals surface area contributed by atoms with Crippen LogP contribution in [0.4, 0.5) is 0 Å². The van der Waals surface area contributed by atoms with Crippen molar-refractivity contribution in [2.75, 3.05) is 0 Å². The third-order valence-corrected chi connectivity index (χ3v) is 3.12. The van der Waals surface area contributed by atoms with Gasteiger partial charge in [-0.1, -0.05) is 0 Å². The fraction of sp³-hybridized carbons (Fsp3) is 0.167. The van der Waals surface area contributed by atoms with E-state index in [-0.39, 0.29) is 5.78 Å². The quantitative estimate of drug-likeness (QED) is 0.740. The second-order valence-electron chi connectivity index (χ2n) is 3.35. The number of carbonyl (C=O) groups excluding carboxylic acids is 1. The monoisotopic (exact) mass is 217 g/mol. The molecule has 0 radical (unpaired) electrons. The van der Waals surface area contributed by atoms with E-state index in [4.69, 9.17) is 0 Å². The van der Waals surface area contributed by atoms with Gasteiger partial charge in [-0.2, -0.15) is 0 Å². The van der Waals surface area contributed by atoms with Crippen LogP contribution in [0, 0.1) is 6.92 Å². The van der Waals surface area contributed by atoms with Gasteiger partial charge in [0.25, 0.3) is 0 Å². The maximum Gasteiger partial charge on any atom is 0.168 e. The van der Waals surface area contributed by atoms with E-state index in [1.165, 1.54) is 0 Å². The fourth-order valence-electron chi connectivity index (χ4n) is 1.46. The van der Waals surface area contributed by atoms with E-state index in [0.717, 1.165) is 16.0 Å². The molecule has 2 aromatic heterocycles. The SMILES string of the molecule is Cc1sccc1C(=O)Cc1ccncc1. The predicted octanol–water partition coefficient (Wildman–Crippen LogP) is 2.88. The number of hydrogen-bond donors (Lipinski definition) is 0. The highest BCUT2D eigenvalue weighted by molar-refractivity contribution is 7.10. The lowest BCUT2D eigenvalue weighted by molar-refractivity contribution is 0.0993. The molecule has 15 heavy (non-hydrogen) atoms. The Bertz CT molecular complexity index is 461. The Morgan fingerprint density at radius 1 is 1.33 bits per heavy atom. The van der Waals surface area contributed by atoms with Crippen molar-refractivity contribution in [2.45, 2.75) is 13.3 Å². The number of aryl methyl sites for hydroxylation is 1. The maximum absolute atomic E-state index is 11.9. The van der Waals surface area contributed by atoms with E-state index in [0.29, 0.717) is 6.42 Å². The molecule has 0 saturated carbocycles. The smallest absolute Gasteiger partial charge is 0.168 e. The van der Waals surface area contributed by atoms with E-state index in [1.807, 2.05) is 30.5 Å². The number of hydrogen-bond acceptors (Lipinski definition) is 3. The molecule has 0 fully saturated rings. The second kappa shape index (κ2) is 4.36. The zero-order chi connectivity index (χ0) is 10.7. The van der Waals surface area contributed by atoms with Crippen molar-refractivity contribution in [2.24, 2.45) is 0 Å². The molecule has 2 heterocycles. The van der Waals surface area contributed by atoms with Crippen LogP contribution in [0.15, 0.2) is 36.0 Å². The van der Waals surface area contributed by atoms with E-state index >= 15 is 0 Å². The van der Waals surface area contributed by atoms with E-state index in [9.17, 15) is 4.79 Å². The fourth-order valence-corrected chi connectivity index (χ4v) is 2.17. The number of thiophene rings is 1. The first kappa shape index (κ1) is 10.1. The number of Topliss-reactive ketones (excluding diaryl/α,β-unsaturated/α-hetero) is 1. The Labute approximate surface area is 92.6 Å². The lowest BCUT2D eigenvalue weighted by Gasteiger charge is -1.99. The number of aromatic nitrogens is 1. The molecule has 3 heteroatoms. The van der Waals surface area contributed by atoms with Crippen LogP contribution >= 0.6 is 11.3 Å². The minimum atomic E-state index is 0.181. The molecule has 0 N–H and O–H groups in total. The Morgan fingerprint density at radius 3 is 2.67 bits per heavy atom. The molecule has 2 aromatic rings. The van der Waals surface area contributed by atoms with Gasteiger partial charge in [0.15, 0.2) is 5.78 Å². The summed E-state index contributed by atoms with van der Waals surface area (Å²) in [5.74, 6) is 0.181. The van der Waals surface area contributed by atoms with Gasteiger partial charge in [-0.3, -0.25) is 9.78 Å². The summed E-state index contributed by atoms with van der Waals surface area (Å²) < 4.78 is 0. The van der Waals surface area contributed by atoms with Crippen molar-refractivity contribution in [3.63, 3.8) is 0 Å². The predicted molar refractivity (Wildman–Crippen MR) is 61.3 cm³/mol. The van der Waals surface area contributed by atoms with Gasteiger partial charge >= 0.3 is 0 Å². The summed E-state index contributed by atoms with van der Waals surface area (Å²) in [7, 11) is 0. The molecule has 2 nitrogen and oxygen atoms in total. The van der Waals surface area contributed by atoms with Gasteiger partial charge in [0.05, 0.1) is 0 Å². The van der Waals surface area contributed by atoms with Crippen LogP contribution in [0.1, 0.15) is 20.8 Å². The van der Waals surface area contributed by atoms with Gasteiger partial charge in [0.1, 0.15) is 0 Å². The van der Waals surface area contributed by atoms with Crippen LogP contribution in [0.25, 0.3) is 0 Å². The first-order chi connectivity index (χ1) is 7.27. The van der Waals surface area contributed by atoms with E-state index in [2.05, 4.69) is 4.98 Å². The van der Waals surface area contributed by atoms with Crippen LogP contribution in [-0.4, -0.2) is 10.8 Å². The van der Waals surface area contributed by atoms with Crippen LogP contribution in [-0.2, 0) is 6.42 Å². The van der Waals surface area contributed by atoms with Crippen LogP contribution in [0.5, 0.6) is 0 Å². The normalized spacial score (nSPS) is 10.2. The zero-order valence-corrected chi connectivity index (χ0v) is 9.25. The Morgan fingerprint density at radius 2 is 2.07 bits per heavy atom. The van der Waals surface area contributed by atoms with Crippen LogP contribution < -0.4 is 0 Å². The summed E-state index contributed by atoms with van der Waals surface area (Å²) in [5.41, 5.74) is 1.86. The molecule has 0 unspecified atom stereocenters. The van der Waals surface area contributed by atoms with Gasteiger partial charge in [-0.05, 0) is 36.1 Å². The first-order valence-electron chi connectivity index (χ1n) is 4.73.